The molecule has 0 aliphatic rings. The van der Waals surface area contributed by atoms with Gasteiger partial charge in [-0.3, -0.25) is 4.79 Å². The Morgan fingerprint density at radius 3 is 2.72 bits per heavy atom. The van der Waals surface area contributed by atoms with Crippen molar-refractivity contribution in [2.75, 3.05) is 5.32 Å². The van der Waals surface area contributed by atoms with E-state index in [4.69, 9.17) is 0 Å². The summed E-state index contributed by atoms with van der Waals surface area (Å²) in [6, 6.07) is 14.7. The third-order valence-corrected chi connectivity index (χ3v) is 4.37. The van der Waals surface area contributed by atoms with E-state index >= 15 is 0 Å². The lowest BCUT2D eigenvalue weighted by atomic mass is 10.1. The van der Waals surface area contributed by atoms with Gasteiger partial charge in [0.05, 0.1) is 5.69 Å². The predicted molar refractivity (Wildman–Crippen MR) is 94.7 cm³/mol. The molecule has 122 valence electrons. The van der Waals surface area contributed by atoms with Gasteiger partial charge in [0.15, 0.2) is 0 Å². The molecule has 25 heavy (non-hydrogen) atoms. The maximum Gasteiger partial charge on any atom is 0.255 e. The molecular weight excluding hydrogens is 336 g/mol. The average Bonchev–Trinajstić information content (AvgIpc) is 3.36. The van der Waals surface area contributed by atoms with E-state index in [1.807, 2.05) is 35.7 Å². The fourth-order valence-corrected chi connectivity index (χ4v) is 2.98. The summed E-state index contributed by atoms with van der Waals surface area (Å²) in [7, 11) is 0. The van der Waals surface area contributed by atoms with Crippen LogP contribution in [0.1, 0.15) is 10.4 Å². The Morgan fingerprint density at radius 2 is 2.00 bits per heavy atom. The van der Waals surface area contributed by atoms with Crippen molar-refractivity contribution in [2.45, 2.75) is 0 Å². The first-order valence-electron chi connectivity index (χ1n) is 7.44. The summed E-state index contributed by atoms with van der Waals surface area (Å²) in [5.41, 5.74) is 2.99. The summed E-state index contributed by atoms with van der Waals surface area (Å²) in [6.07, 6.45) is 3.25. The topological polar surface area (TPSA) is 85.6 Å². The van der Waals surface area contributed by atoms with Gasteiger partial charge in [-0.2, -0.15) is 0 Å². The van der Waals surface area contributed by atoms with Crippen LogP contribution in [-0.2, 0) is 0 Å². The third kappa shape index (κ3) is 3.29. The van der Waals surface area contributed by atoms with Crippen LogP contribution in [0.4, 0.5) is 5.69 Å². The fraction of sp³-hybridized carbons (Fsp3) is 0. The summed E-state index contributed by atoms with van der Waals surface area (Å²) in [5.74, 6) is -0.197. The lowest BCUT2D eigenvalue weighted by Crippen LogP contribution is -2.12. The highest BCUT2D eigenvalue weighted by molar-refractivity contribution is 7.13. The Morgan fingerprint density at radius 1 is 1.12 bits per heavy atom. The van der Waals surface area contributed by atoms with Gasteiger partial charge >= 0.3 is 0 Å². The molecule has 0 saturated carbocycles. The van der Waals surface area contributed by atoms with Gasteiger partial charge in [0, 0.05) is 28.4 Å². The van der Waals surface area contributed by atoms with Gasteiger partial charge < -0.3 is 5.32 Å². The summed E-state index contributed by atoms with van der Waals surface area (Å²) < 4.78 is 1.50. The zero-order chi connectivity index (χ0) is 17.1. The number of thiazole rings is 1. The molecule has 0 radical (unpaired) electrons. The van der Waals surface area contributed by atoms with Crippen LogP contribution in [0, 0.1) is 0 Å². The Kier molecular flexibility index (Phi) is 4.01. The Bertz CT molecular complexity index is 980. The fourth-order valence-electron chi connectivity index (χ4n) is 2.33. The van der Waals surface area contributed by atoms with Crippen molar-refractivity contribution in [2.24, 2.45) is 0 Å². The Balaban J connectivity index is 1.51. The second-order valence-electron chi connectivity index (χ2n) is 5.17. The molecule has 2 aromatic carbocycles. The molecule has 0 bridgehead atoms. The van der Waals surface area contributed by atoms with Gasteiger partial charge in [-0.1, -0.05) is 6.07 Å². The van der Waals surface area contributed by atoms with Crippen molar-refractivity contribution in [1.29, 1.82) is 0 Å². The molecule has 0 aliphatic heterocycles. The number of aromatic nitrogens is 5. The number of rotatable bonds is 4. The number of benzene rings is 2. The minimum Gasteiger partial charge on any atom is -0.322 e. The van der Waals surface area contributed by atoms with Crippen LogP contribution in [0.3, 0.4) is 0 Å². The van der Waals surface area contributed by atoms with Gasteiger partial charge in [-0.05, 0) is 52.9 Å². The van der Waals surface area contributed by atoms with Crippen LogP contribution >= 0.6 is 11.3 Å². The van der Waals surface area contributed by atoms with Gasteiger partial charge in [0.2, 0.25) is 0 Å². The molecule has 0 fully saturated rings. The number of amides is 1. The van der Waals surface area contributed by atoms with Gasteiger partial charge in [-0.25, -0.2) is 9.67 Å². The van der Waals surface area contributed by atoms with Crippen LogP contribution in [0.5, 0.6) is 0 Å². The average molecular weight is 348 g/mol. The second kappa shape index (κ2) is 6.62. The number of nitrogens with zero attached hydrogens (tertiary/aromatic N) is 5. The molecular formula is C17H12N6OS. The molecule has 4 aromatic rings. The number of hydrogen-bond acceptors (Lipinski definition) is 6. The minimum absolute atomic E-state index is 0.197. The van der Waals surface area contributed by atoms with Crippen molar-refractivity contribution in [3.8, 4) is 16.3 Å². The van der Waals surface area contributed by atoms with E-state index < -0.39 is 0 Å². The number of carbonyl (C=O) groups excluding carboxylic acids is 1. The molecule has 7 nitrogen and oxygen atoms in total. The number of tetrazole rings is 1. The monoisotopic (exact) mass is 348 g/mol. The van der Waals surface area contributed by atoms with E-state index in [9.17, 15) is 4.79 Å². The molecule has 0 unspecified atom stereocenters. The molecule has 1 amide bonds. The number of carbonyl (C=O) groups is 1. The largest absolute Gasteiger partial charge is 0.322 e. The van der Waals surface area contributed by atoms with Crippen molar-refractivity contribution in [3.63, 3.8) is 0 Å². The van der Waals surface area contributed by atoms with E-state index in [-0.39, 0.29) is 5.91 Å². The maximum atomic E-state index is 12.5. The molecule has 0 aliphatic carbocycles. The van der Waals surface area contributed by atoms with E-state index in [1.54, 1.807) is 35.7 Å². The molecule has 0 saturated heterocycles. The third-order valence-electron chi connectivity index (χ3n) is 3.54. The summed E-state index contributed by atoms with van der Waals surface area (Å²) in [4.78, 5) is 16.7. The first-order chi connectivity index (χ1) is 12.3. The van der Waals surface area contributed by atoms with Crippen LogP contribution in [-0.4, -0.2) is 31.1 Å². The highest BCUT2D eigenvalue weighted by Gasteiger charge is 2.09. The van der Waals surface area contributed by atoms with Crippen molar-refractivity contribution >= 4 is 22.9 Å². The molecule has 1 N–H and O–H groups in total. The number of hydrogen-bond donors (Lipinski definition) is 1. The van der Waals surface area contributed by atoms with Gasteiger partial charge in [-0.15, -0.1) is 16.4 Å². The smallest absolute Gasteiger partial charge is 0.255 e. The lowest BCUT2D eigenvalue weighted by Gasteiger charge is -2.07. The molecule has 2 heterocycles. The van der Waals surface area contributed by atoms with Gasteiger partial charge in [0.25, 0.3) is 5.91 Å². The van der Waals surface area contributed by atoms with Crippen molar-refractivity contribution in [3.05, 3.63) is 72.0 Å². The van der Waals surface area contributed by atoms with E-state index in [0.717, 1.165) is 21.9 Å². The second-order valence-corrected chi connectivity index (χ2v) is 6.07. The van der Waals surface area contributed by atoms with E-state index in [1.165, 1.54) is 11.0 Å². The molecule has 2 aromatic heterocycles. The maximum absolute atomic E-state index is 12.5. The van der Waals surface area contributed by atoms with Crippen LogP contribution in [0.2, 0.25) is 0 Å². The molecule has 0 atom stereocenters. The standard InChI is InChI=1S/C17H12N6OS/c24-16(13-2-1-3-15(10-13)23-11-19-21-22-23)20-14-6-4-12(5-7-14)17-18-8-9-25-17/h1-11H,(H,20,24). The quantitative estimate of drug-likeness (QED) is 0.613. The minimum atomic E-state index is -0.197. The normalized spacial score (nSPS) is 10.6. The first kappa shape index (κ1) is 15.2. The SMILES string of the molecule is O=C(Nc1ccc(-c2nccs2)cc1)c1cccc(-n2cnnn2)c1. The zero-order valence-electron chi connectivity index (χ0n) is 12.9. The van der Waals surface area contributed by atoms with E-state index in [2.05, 4.69) is 25.8 Å². The van der Waals surface area contributed by atoms with E-state index in [0.29, 0.717) is 5.56 Å². The highest BCUT2D eigenvalue weighted by Crippen LogP contribution is 2.23. The Labute approximate surface area is 147 Å². The summed E-state index contributed by atoms with van der Waals surface area (Å²) in [5, 5.41) is 16.8. The van der Waals surface area contributed by atoms with Crippen LogP contribution in [0.15, 0.2) is 66.4 Å². The summed E-state index contributed by atoms with van der Waals surface area (Å²) in [6.45, 7) is 0. The lowest BCUT2D eigenvalue weighted by molar-refractivity contribution is 0.102. The van der Waals surface area contributed by atoms with Crippen molar-refractivity contribution < 1.29 is 4.79 Å². The van der Waals surface area contributed by atoms with Crippen LogP contribution in [0.25, 0.3) is 16.3 Å². The number of nitrogens with one attached hydrogen (secondary N) is 1. The molecule has 0 spiro atoms. The number of anilines is 1. The first-order valence-corrected chi connectivity index (χ1v) is 8.32. The molecule has 8 heteroatoms. The van der Waals surface area contributed by atoms with Crippen molar-refractivity contribution in [1.82, 2.24) is 25.2 Å². The zero-order valence-corrected chi connectivity index (χ0v) is 13.7. The predicted octanol–water partition coefficient (Wildman–Crippen LogP) is 3.04. The van der Waals surface area contributed by atoms with Crippen LogP contribution < -0.4 is 5.32 Å². The molecule has 4 rings (SSSR count). The summed E-state index contributed by atoms with van der Waals surface area (Å²) >= 11 is 1.58. The Hall–Kier alpha value is -3.39. The highest BCUT2D eigenvalue weighted by atomic mass is 32.1. The van der Waals surface area contributed by atoms with Gasteiger partial charge in [0.1, 0.15) is 11.3 Å².